The average Bonchev–Trinajstić information content (AvgIpc) is 2.65. The second-order valence-corrected chi connectivity index (χ2v) is 5.81. The lowest BCUT2D eigenvalue weighted by Gasteiger charge is -2.11. The van der Waals surface area contributed by atoms with Gasteiger partial charge >= 0.3 is 0 Å². The number of nitrogens with two attached hydrogens (primary N) is 1. The van der Waals surface area contributed by atoms with Crippen molar-refractivity contribution in [1.29, 1.82) is 0 Å². The molecule has 0 fully saturated rings. The fraction of sp³-hybridized carbons (Fsp3) is 0.300. The highest BCUT2D eigenvalue weighted by atomic mass is 16.2. The lowest BCUT2D eigenvalue weighted by atomic mass is 10.1. The Bertz CT molecular complexity index is 711. The maximum Gasteiger partial charge on any atom is 0.253 e. The van der Waals surface area contributed by atoms with Crippen molar-refractivity contribution in [3.8, 4) is 0 Å². The summed E-state index contributed by atoms with van der Waals surface area (Å²) >= 11 is 0. The van der Waals surface area contributed by atoms with E-state index in [0.29, 0.717) is 37.2 Å². The minimum absolute atomic E-state index is 0.112. The van der Waals surface area contributed by atoms with Crippen LogP contribution in [0.4, 0.5) is 5.69 Å². The summed E-state index contributed by atoms with van der Waals surface area (Å²) in [5.41, 5.74) is 8.77. The number of carbonyl (C=O) groups is 2. The van der Waals surface area contributed by atoms with E-state index in [-0.39, 0.29) is 11.8 Å². The molecule has 0 bridgehead atoms. The molecule has 5 nitrogen and oxygen atoms in total. The number of carbonyl (C=O) groups excluding carboxylic acids is 2. The molecule has 0 saturated carbocycles. The molecule has 0 spiro atoms. The maximum atomic E-state index is 12.2. The third kappa shape index (κ3) is 5.72. The molecule has 0 radical (unpaired) electrons. The number of aryl methyl sites for hydroxylation is 2. The Hall–Kier alpha value is -2.66. The van der Waals surface area contributed by atoms with E-state index in [0.717, 1.165) is 12.0 Å². The molecule has 25 heavy (non-hydrogen) atoms. The molecule has 132 valence electrons. The van der Waals surface area contributed by atoms with E-state index in [2.05, 4.69) is 41.8 Å². The molecule has 0 aliphatic carbocycles. The van der Waals surface area contributed by atoms with E-state index < -0.39 is 0 Å². The van der Waals surface area contributed by atoms with Crippen molar-refractivity contribution in [1.82, 2.24) is 5.32 Å². The predicted octanol–water partition coefficient (Wildman–Crippen LogP) is 2.51. The number of anilines is 1. The third-order valence-electron chi connectivity index (χ3n) is 3.95. The van der Waals surface area contributed by atoms with E-state index >= 15 is 0 Å². The second kappa shape index (κ2) is 9.59. The number of hydrogen-bond donors (Lipinski definition) is 3. The standard InChI is InChI=1S/C20H25N3O2/c1-2-15-7-9-16(10-8-15)11-12-19(24)23-18-6-4-3-5-17(18)20(25)22-14-13-21/h3-10H,2,11-14,21H2,1H3,(H,22,25)(H,23,24). The first-order chi connectivity index (χ1) is 12.1. The second-order valence-electron chi connectivity index (χ2n) is 5.81. The number of amides is 2. The van der Waals surface area contributed by atoms with Gasteiger partial charge in [0.05, 0.1) is 11.3 Å². The molecule has 0 aliphatic rings. The number of nitrogens with one attached hydrogen (secondary N) is 2. The Morgan fingerprint density at radius 3 is 2.36 bits per heavy atom. The Balaban J connectivity index is 1.94. The van der Waals surface area contributed by atoms with E-state index in [1.54, 1.807) is 24.3 Å². The van der Waals surface area contributed by atoms with Crippen LogP contribution in [0.2, 0.25) is 0 Å². The molecule has 0 saturated heterocycles. The zero-order valence-corrected chi connectivity index (χ0v) is 14.5. The van der Waals surface area contributed by atoms with Gasteiger partial charge in [-0.2, -0.15) is 0 Å². The van der Waals surface area contributed by atoms with E-state index in [1.165, 1.54) is 5.56 Å². The van der Waals surface area contributed by atoms with Crippen LogP contribution in [-0.2, 0) is 17.6 Å². The monoisotopic (exact) mass is 339 g/mol. The number of rotatable bonds is 8. The van der Waals surface area contributed by atoms with Gasteiger partial charge in [-0.15, -0.1) is 0 Å². The highest BCUT2D eigenvalue weighted by Gasteiger charge is 2.12. The SMILES string of the molecule is CCc1ccc(CCC(=O)Nc2ccccc2C(=O)NCCN)cc1. The van der Waals surface area contributed by atoms with Crippen LogP contribution in [0.1, 0.15) is 34.8 Å². The Labute approximate surface area is 148 Å². The number of para-hydroxylation sites is 1. The molecule has 4 N–H and O–H groups in total. The van der Waals surface area contributed by atoms with Crippen molar-refractivity contribution in [3.05, 3.63) is 65.2 Å². The number of benzene rings is 2. The Morgan fingerprint density at radius 1 is 1.00 bits per heavy atom. The normalized spacial score (nSPS) is 10.3. The van der Waals surface area contributed by atoms with E-state index in [4.69, 9.17) is 5.73 Å². The van der Waals surface area contributed by atoms with Crippen LogP contribution in [0.25, 0.3) is 0 Å². The molecule has 2 aromatic rings. The molecule has 0 unspecified atom stereocenters. The summed E-state index contributed by atoms with van der Waals surface area (Å²) in [6, 6.07) is 15.3. The molecule has 5 heteroatoms. The molecule has 0 atom stereocenters. The van der Waals surface area contributed by atoms with Crippen molar-refractivity contribution >= 4 is 17.5 Å². The lowest BCUT2D eigenvalue weighted by Crippen LogP contribution is -2.30. The highest BCUT2D eigenvalue weighted by molar-refractivity contribution is 6.03. The average molecular weight is 339 g/mol. The predicted molar refractivity (Wildman–Crippen MR) is 101 cm³/mol. The first-order valence-electron chi connectivity index (χ1n) is 8.59. The van der Waals surface area contributed by atoms with Crippen LogP contribution in [0.15, 0.2) is 48.5 Å². The summed E-state index contributed by atoms with van der Waals surface area (Å²) < 4.78 is 0. The highest BCUT2D eigenvalue weighted by Crippen LogP contribution is 2.16. The van der Waals surface area contributed by atoms with Crippen molar-refractivity contribution in [2.75, 3.05) is 18.4 Å². The zero-order chi connectivity index (χ0) is 18.1. The summed E-state index contributed by atoms with van der Waals surface area (Å²) in [6.07, 6.45) is 2.03. The van der Waals surface area contributed by atoms with Crippen LogP contribution >= 0.6 is 0 Å². The zero-order valence-electron chi connectivity index (χ0n) is 14.5. The lowest BCUT2D eigenvalue weighted by molar-refractivity contribution is -0.116. The summed E-state index contributed by atoms with van der Waals surface area (Å²) in [6.45, 7) is 2.88. The summed E-state index contributed by atoms with van der Waals surface area (Å²) in [4.78, 5) is 24.4. The van der Waals surface area contributed by atoms with Gasteiger partial charge in [-0.05, 0) is 36.1 Å². The third-order valence-corrected chi connectivity index (χ3v) is 3.95. The largest absolute Gasteiger partial charge is 0.351 e. The molecule has 2 amide bonds. The molecule has 2 rings (SSSR count). The molecule has 0 aromatic heterocycles. The van der Waals surface area contributed by atoms with Crippen LogP contribution < -0.4 is 16.4 Å². The first kappa shape index (κ1) is 18.7. The summed E-state index contributed by atoms with van der Waals surface area (Å²) in [5, 5.41) is 5.55. The molecular weight excluding hydrogens is 314 g/mol. The molecule has 0 aliphatic heterocycles. The van der Waals surface area contributed by atoms with Crippen LogP contribution in [0.5, 0.6) is 0 Å². The van der Waals surface area contributed by atoms with Gasteiger partial charge in [0, 0.05) is 19.5 Å². The van der Waals surface area contributed by atoms with Gasteiger partial charge in [-0.1, -0.05) is 43.3 Å². The van der Waals surface area contributed by atoms with Crippen molar-refractivity contribution in [3.63, 3.8) is 0 Å². The minimum atomic E-state index is -0.239. The smallest absolute Gasteiger partial charge is 0.253 e. The topological polar surface area (TPSA) is 84.2 Å². The molecular formula is C20H25N3O2. The van der Waals surface area contributed by atoms with E-state index in [1.807, 2.05) is 0 Å². The van der Waals surface area contributed by atoms with Crippen LogP contribution in [-0.4, -0.2) is 24.9 Å². The van der Waals surface area contributed by atoms with Crippen LogP contribution in [0.3, 0.4) is 0 Å². The van der Waals surface area contributed by atoms with Gasteiger partial charge in [-0.3, -0.25) is 9.59 Å². The van der Waals surface area contributed by atoms with Gasteiger partial charge in [-0.25, -0.2) is 0 Å². The van der Waals surface area contributed by atoms with Gasteiger partial charge < -0.3 is 16.4 Å². The van der Waals surface area contributed by atoms with Gasteiger partial charge in [0.2, 0.25) is 5.91 Å². The Morgan fingerprint density at radius 2 is 1.68 bits per heavy atom. The Kier molecular flexibility index (Phi) is 7.16. The van der Waals surface area contributed by atoms with Crippen molar-refractivity contribution in [2.24, 2.45) is 5.73 Å². The van der Waals surface area contributed by atoms with Crippen LogP contribution in [0, 0.1) is 0 Å². The fourth-order valence-corrected chi connectivity index (χ4v) is 2.48. The summed E-state index contributed by atoms with van der Waals surface area (Å²) in [5.74, 6) is -0.352. The molecule has 0 heterocycles. The number of hydrogen-bond acceptors (Lipinski definition) is 3. The first-order valence-corrected chi connectivity index (χ1v) is 8.59. The minimum Gasteiger partial charge on any atom is -0.351 e. The van der Waals surface area contributed by atoms with Gasteiger partial charge in [0.15, 0.2) is 0 Å². The summed E-state index contributed by atoms with van der Waals surface area (Å²) in [7, 11) is 0. The van der Waals surface area contributed by atoms with Crippen molar-refractivity contribution in [2.45, 2.75) is 26.2 Å². The van der Waals surface area contributed by atoms with Gasteiger partial charge in [0.25, 0.3) is 5.91 Å². The fourth-order valence-electron chi connectivity index (χ4n) is 2.48. The van der Waals surface area contributed by atoms with Gasteiger partial charge in [0.1, 0.15) is 0 Å². The molecule has 2 aromatic carbocycles. The van der Waals surface area contributed by atoms with E-state index in [9.17, 15) is 9.59 Å². The quantitative estimate of drug-likeness (QED) is 0.691. The maximum absolute atomic E-state index is 12.2. The van der Waals surface area contributed by atoms with Crippen molar-refractivity contribution < 1.29 is 9.59 Å².